The van der Waals surface area contributed by atoms with Crippen LogP contribution in [0.2, 0.25) is 0 Å². The van der Waals surface area contributed by atoms with Gasteiger partial charge >= 0.3 is 6.09 Å². The zero-order chi connectivity index (χ0) is 38.4. The molecule has 4 aromatic heterocycles. The lowest BCUT2D eigenvalue weighted by molar-refractivity contribution is -0.383. The fraction of sp³-hybridized carbons (Fsp3) is 0.324. The number of ether oxygens (including phenoxy) is 3. The Morgan fingerprint density at radius 1 is 0.717 bits per heavy atom. The van der Waals surface area contributed by atoms with Gasteiger partial charge in [-0.2, -0.15) is 0 Å². The summed E-state index contributed by atoms with van der Waals surface area (Å²) in [6.45, 7) is 13.7. The Bertz CT molecular complexity index is 2200. The van der Waals surface area contributed by atoms with E-state index in [-0.39, 0.29) is 63.3 Å². The summed E-state index contributed by atoms with van der Waals surface area (Å²) in [7, 11) is 0. The standard InChI is InChI=1S/C37H40N8O8/c1-20(2)18-51-27-16-24(38-32-22(27)10-8-11-26(32)45(49)50)34(46)42-29-12-9-13-30(40-29)43-35(47)25-17-28(52-19-21(3)4)23-14-15-31(41-33(23)39-25)44-36(48)53-37(5,6)7/h8-17,20-21H,18-19H2,1-7H3,(H,39,41,44,48)(H2,40,42,43,46,47). The second-order valence-corrected chi connectivity index (χ2v) is 13.9. The van der Waals surface area contributed by atoms with Crippen LogP contribution in [-0.2, 0) is 4.74 Å². The van der Waals surface area contributed by atoms with Crippen LogP contribution < -0.4 is 25.4 Å². The van der Waals surface area contributed by atoms with Crippen molar-refractivity contribution in [3.63, 3.8) is 0 Å². The number of nitro groups is 1. The molecule has 0 atom stereocenters. The molecule has 53 heavy (non-hydrogen) atoms. The zero-order valence-corrected chi connectivity index (χ0v) is 30.3. The van der Waals surface area contributed by atoms with Crippen LogP contribution in [0.25, 0.3) is 21.9 Å². The molecule has 0 aliphatic rings. The highest BCUT2D eigenvalue weighted by Crippen LogP contribution is 2.32. The summed E-state index contributed by atoms with van der Waals surface area (Å²) in [6, 6.07) is 15.2. The lowest BCUT2D eigenvalue weighted by Crippen LogP contribution is -2.27. The molecule has 1 aromatic carbocycles. The number of carbonyl (C=O) groups is 3. The first-order chi connectivity index (χ1) is 25.1. The quantitative estimate of drug-likeness (QED) is 0.0849. The van der Waals surface area contributed by atoms with Crippen molar-refractivity contribution < 1.29 is 33.5 Å². The topological polar surface area (TPSA) is 210 Å². The van der Waals surface area contributed by atoms with E-state index >= 15 is 0 Å². The average molecular weight is 725 g/mol. The van der Waals surface area contributed by atoms with Crippen molar-refractivity contribution in [2.24, 2.45) is 11.8 Å². The number of amides is 3. The summed E-state index contributed by atoms with van der Waals surface area (Å²) in [4.78, 5) is 68.0. The van der Waals surface area contributed by atoms with Gasteiger partial charge in [0.25, 0.3) is 17.5 Å². The average Bonchev–Trinajstić information content (AvgIpc) is 3.08. The van der Waals surface area contributed by atoms with Gasteiger partial charge in [0, 0.05) is 23.6 Å². The van der Waals surface area contributed by atoms with Crippen molar-refractivity contribution in [1.29, 1.82) is 0 Å². The number of nitrogens with one attached hydrogen (secondary N) is 3. The third kappa shape index (κ3) is 9.87. The van der Waals surface area contributed by atoms with Gasteiger partial charge in [0.15, 0.2) is 11.2 Å². The minimum atomic E-state index is -0.724. The highest BCUT2D eigenvalue weighted by molar-refractivity contribution is 6.06. The molecule has 5 rings (SSSR count). The van der Waals surface area contributed by atoms with Crippen LogP contribution in [0.1, 0.15) is 69.4 Å². The molecule has 0 radical (unpaired) electrons. The first-order valence-electron chi connectivity index (χ1n) is 16.8. The van der Waals surface area contributed by atoms with Crippen molar-refractivity contribution in [2.45, 2.75) is 54.1 Å². The molecule has 0 bridgehead atoms. The van der Waals surface area contributed by atoms with Crippen molar-refractivity contribution in [3.05, 3.63) is 82.2 Å². The summed E-state index contributed by atoms with van der Waals surface area (Å²) in [5, 5.41) is 20.6. The van der Waals surface area contributed by atoms with Gasteiger partial charge in [-0.15, -0.1) is 0 Å². The number of pyridine rings is 4. The van der Waals surface area contributed by atoms with Crippen LogP contribution in [0.4, 0.5) is 27.9 Å². The summed E-state index contributed by atoms with van der Waals surface area (Å²) in [5.41, 5.74) is -1.05. The van der Waals surface area contributed by atoms with E-state index in [0.29, 0.717) is 29.7 Å². The number of aromatic nitrogens is 4. The van der Waals surface area contributed by atoms with Crippen molar-refractivity contribution in [2.75, 3.05) is 29.2 Å². The van der Waals surface area contributed by atoms with E-state index in [2.05, 4.69) is 35.9 Å². The number of hydrogen-bond acceptors (Lipinski definition) is 12. The summed E-state index contributed by atoms with van der Waals surface area (Å²) < 4.78 is 17.2. The largest absolute Gasteiger partial charge is 0.493 e. The predicted molar refractivity (Wildman–Crippen MR) is 199 cm³/mol. The van der Waals surface area contributed by atoms with Crippen LogP contribution in [0.3, 0.4) is 0 Å². The molecule has 276 valence electrons. The Labute approximate surface area is 304 Å². The Morgan fingerprint density at radius 3 is 1.83 bits per heavy atom. The number of non-ortho nitro benzene ring substituents is 1. The van der Waals surface area contributed by atoms with Gasteiger partial charge in [0.05, 0.1) is 23.5 Å². The molecule has 0 saturated heterocycles. The van der Waals surface area contributed by atoms with Gasteiger partial charge in [-0.25, -0.2) is 24.7 Å². The maximum atomic E-state index is 13.5. The Kier molecular flexibility index (Phi) is 11.3. The normalized spacial score (nSPS) is 11.4. The van der Waals surface area contributed by atoms with E-state index in [1.165, 1.54) is 36.4 Å². The highest BCUT2D eigenvalue weighted by atomic mass is 16.6. The molecule has 0 unspecified atom stereocenters. The molecule has 3 N–H and O–H groups in total. The lowest BCUT2D eigenvalue weighted by atomic mass is 10.1. The molecule has 0 aliphatic carbocycles. The van der Waals surface area contributed by atoms with E-state index in [1.807, 2.05) is 27.7 Å². The van der Waals surface area contributed by atoms with Gasteiger partial charge in [-0.3, -0.25) is 25.0 Å². The zero-order valence-electron chi connectivity index (χ0n) is 30.3. The highest BCUT2D eigenvalue weighted by Gasteiger charge is 2.22. The Morgan fingerprint density at radius 2 is 1.26 bits per heavy atom. The third-order valence-electron chi connectivity index (χ3n) is 7.08. The number of para-hydroxylation sites is 1. The molecule has 16 nitrogen and oxygen atoms in total. The van der Waals surface area contributed by atoms with E-state index in [0.717, 1.165) is 0 Å². The maximum Gasteiger partial charge on any atom is 0.413 e. The third-order valence-corrected chi connectivity index (χ3v) is 7.08. The molecule has 5 aromatic rings. The summed E-state index contributed by atoms with van der Waals surface area (Å²) in [5.74, 6) is -0.101. The van der Waals surface area contributed by atoms with E-state index in [4.69, 9.17) is 14.2 Å². The summed E-state index contributed by atoms with van der Waals surface area (Å²) >= 11 is 0. The van der Waals surface area contributed by atoms with Gasteiger partial charge in [0.1, 0.15) is 45.9 Å². The fourth-order valence-corrected chi connectivity index (χ4v) is 4.82. The monoisotopic (exact) mass is 724 g/mol. The van der Waals surface area contributed by atoms with Gasteiger partial charge in [0.2, 0.25) is 0 Å². The smallest absolute Gasteiger partial charge is 0.413 e. The lowest BCUT2D eigenvalue weighted by Gasteiger charge is -2.19. The minimum absolute atomic E-state index is 0.000241. The molecular formula is C37H40N8O8. The van der Waals surface area contributed by atoms with E-state index in [1.54, 1.807) is 45.0 Å². The summed E-state index contributed by atoms with van der Waals surface area (Å²) in [6.07, 6.45) is -0.704. The van der Waals surface area contributed by atoms with Gasteiger partial charge in [-0.05, 0) is 62.9 Å². The second-order valence-electron chi connectivity index (χ2n) is 13.9. The van der Waals surface area contributed by atoms with Crippen LogP contribution in [-0.4, -0.2) is 61.6 Å². The number of fused-ring (bicyclic) bond motifs is 2. The van der Waals surface area contributed by atoms with Crippen molar-refractivity contribution in [1.82, 2.24) is 19.9 Å². The van der Waals surface area contributed by atoms with Crippen LogP contribution in [0.5, 0.6) is 11.5 Å². The van der Waals surface area contributed by atoms with Crippen LogP contribution >= 0.6 is 0 Å². The first kappa shape index (κ1) is 37.8. The second kappa shape index (κ2) is 15.8. The van der Waals surface area contributed by atoms with Crippen LogP contribution in [0, 0.1) is 22.0 Å². The number of benzene rings is 1. The Balaban J connectivity index is 1.40. The number of nitrogens with zero attached hydrogens (tertiary/aromatic N) is 5. The van der Waals surface area contributed by atoms with Crippen molar-refractivity contribution >= 4 is 63.0 Å². The minimum Gasteiger partial charge on any atom is -0.493 e. The maximum absolute atomic E-state index is 13.5. The SMILES string of the molecule is CC(C)COc1cc(C(=O)Nc2cccc(NC(=O)c3cc(OCC(C)C)c4cccc([N+](=O)[O-])c4n3)n2)nc2nc(NC(=O)OC(C)(C)C)ccc12. The van der Waals surface area contributed by atoms with E-state index < -0.39 is 28.4 Å². The van der Waals surface area contributed by atoms with Crippen molar-refractivity contribution in [3.8, 4) is 11.5 Å². The molecule has 4 heterocycles. The first-order valence-corrected chi connectivity index (χ1v) is 16.8. The molecule has 0 fully saturated rings. The number of nitro benzene ring substituents is 1. The van der Waals surface area contributed by atoms with Crippen LogP contribution in [0.15, 0.2) is 60.7 Å². The van der Waals surface area contributed by atoms with E-state index in [9.17, 15) is 24.5 Å². The molecule has 0 spiro atoms. The number of rotatable bonds is 12. The van der Waals surface area contributed by atoms with Gasteiger partial charge < -0.3 is 24.8 Å². The number of carbonyl (C=O) groups excluding carboxylic acids is 3. The molecule has 16 heteroatoms. The predicted octanol–water partition coefficient (Wildman–Crippen LogP) is 7.40. The molecular weight excluding hydrogens is 684 g/mol. The number of anilines is 3. The Hall–Kier alpha value is -6.45. The van der Waals surface area contributed by atoms with Gasteiger partial charge in [-0.1, -0.05) is 39.8 Å². The fourth-order valence-electron chi connectivity index (χ4n) is 4.82. The number of hydrogen-bond donors (Lipinski definition) is 3. The molecule has 0 saturated carbocycles. The molecule has 3 amide bonds. The molecule has 0 aliphatic heterocycles.